The van der Waals surface area contributed by atoms with Gasteiger partial charge in [-0.1, -0.05) is 17.3 Å². The lowest BCUT2D eigenvalue weighted by Crippen LogP contribution is -2.57. The molecule has 2 amide bonds. The van der Waals surface area contributed by atoms with Crippen molar-refractivity contribution in [2.24, 2.45) is 5.92 Å². The van der Waals surface area contributed by atoms with Crippen LogP contribution in [0.1, 0.15) is 38.0 Å². The molecule has 4 rings (SSSR count). The van der Waals surface area contributed by atoms with Gasteiger partial charge in [0.25, 0.3) is 0 Å². The van der Waals surface area contributed by atoms with Gasteiger partial charge in [-0.2, -0.15) is 4.98 Å². The summed E-state index contributed by atoms with van der Waals surface area (Å²) in [4.78, 5) is 28.0. The van der Waals surface area contributed by atoms with Crippen LogP contribution >= 0.6 is 0 Å². The van der Waals surface area contributed by atoms with Crippen molar-refractivity contribution in [1.29, 1.82) is 0 Å². The van der Waals surface area contributed by atoms with E-state index in [1.807, 2.05) is 0 Å². The molecule has 1 saturated heterocycles. The van der Waals surface area contributed by atoms with Gasteiger partial charge in [0.2, 0.25) is 23.5 Å². The molecular formula is C19H22FN5O3. The molecular weight excluding hydrogens is 365 g/mol. The normalized spacial score (nSPS) is 24.3. The molecule has 3 N–H and O–H groups in total. The molecule has 1 saturated carbocycles. The molecule has 1 aromatic carbocycles. The summed E-state index contributed by atoms with van der Waals surface area (Å²) in [6, 6.07) is 6.31. The topological polar surface area (TPSA) is 109 Å². The second kappa shape index (κ2) is 8.05. The number of rotatable bonds is 5. The van der Waals surface area contributed by atoms with Crippen LogP contribution in [0.25, 0.3) is 11.4 Å². The van der Waals surface area contributed by atoms with Crippen molar-refractivity contribution < 1.29 is 18.5 Å². The number of hydrogen-bond donors (Lipinski definition) is 3. The highest BCUT2D eigenvalue weighted by molar-refractivity contribution is 5.77. The van der Waals surface area contributed by atoms with E-state index >= 15 is 0 Å². The highest BCUT2D eigenvalue weighted by Crippen LogP contribution is 2.29. The zero-order valence-corrected chi connectivity index (χ0v) is 15.3. The second-order valence-electron chi connectivity index (χ2n) is 7.36. The number of nitrogens with zero attached hydrogens (tertiary/aromatic N) is 2. The van der Waals surface area contributed by atoms with Crippen LogP contribution in [0.2, 0.25) is 0 Å². The third kappa shape index (κ3) is 4.36. The minimum atomic E-state index is -0.372. The van der Waals surface area contributed by atoms with Crippen molar-refractivity contribution in [3.8, 4) is 11.4 Å². The zero-order chi connectivity index (χ0) is 19.5. The van der Waals surface area contributed by atoms with Gasteiger partial charge >= 0.3 is 0 Å². The number of hydrogen-bond acceptors (Lipinski definition) is 6. The van der Waals surface area contributed by atoms with E-state index in [9.17, 15) is 14.0 Å². The molecule has 2 fully saturated rings. The van der Waals surface area contributed by atoms with Crippen molar-refractivity contribution >= 4 is 11.8 Å². The average Bonchev–Trinajstić information content (AvgIpc) is 3.15. The number of carbonyl (C=O) groups excluding carboxylic acids is 2. The number of aryl methyl sites for hydroxylation is 1. The number of fused-ring (bicyclic) bond motifs is 1. The molecule has 1 aliphatic carbocycles. The summed E-state index contributed by atoms with van der Waals surface area (Å²) >= 11 is 0. The van der Waals surface area contributed by atoms with E-state index in [-0.39, 0.29) is 42.1 Å². The van der Waals surface area contributed by atoms with E-state index in [0.29, 0.717) is 30.1 Å². The highest BCUT2D eigenvalue weighted by Gasteiger charge is 2.35. The van der Waals surface area contributed by atoms with Gasteiger partial charge < -0.3 is 9.84 Å². The average molecular weight is 387 g/mol. The maximum atomic E-state index is 13.3. The Balaban J connectivity index is 1.26. The molecule has 2 aliphatic rings. The lowest BCUT2D eigenvalue weighted by atomic mass is 9.79. The fourth-order valence-electron chi connectivity index (χ4n) is 3.89. The summed E-state index contributed by atoms with van der Waals surface area (Å²) in [6.45, 7) is 0. The first-order valence-corrected chi connectivity index (χ1v) is 9.49. The fourth-order valence-corrected chi connectivity index (χ4v) is 3.89. The summed E-state index contributed by atoms with van der Waals surface area (Å²) in [5.41, 5.74) is 6.25. The first-order chi connectivity index (χ1) is 13.6. The summed E-state index contributed by atoms with van der Waals surface area (Å²) in [6.07, 6.45) is 3.62. The van der Waals surface area contributed by atoms with Gasteiger partial charge in [-0.25, -0.2) is 9.82 Å². The molecule has 28 heavy (non-hydrogen) atoms. The number of hydrazine groups is 1. The molecule has 0 radical (unpaired) electrons. The number of halogens is 1. The third-order valence-electron chi connectivity index (χ3n) is 5.31. The van der Waals surface area contributed by atoms with Crippen molar-refractivity contribution in [1.82, 2.24) is 26.3 Å². The number of carbonyl (C=O) groups is 2. The van der Waals surface area contributed by atoms with Crippen LogP contribution in [-0.2, 0) is 16.0 Å². The molecule has 9 heteroatoms. The minimum Gasteiger partial charge on any atom is -0.353 e. The Morgan fingerprint density at radius 2 is 2.25 bits per heavy atom. The lowest BCUT2D eigenvalue weighted by Gasteiger charge is -2.39. The number of nitrogens with one attached hydrogen (secondary N) is 3. The maximum absolute atomic E-state index is 13.3. The van der Waals surface area contributed by atoms with Gasteiger partial charge in [-0.3, -0.25) is 15.0 Å². The summed E-state index contributed by atoms with van der Waals surface area (Å²) in [5.74, 6) is 0.435. The molecule has 8 nitrogen and oxygen atoms in total. The maximum Gasteiger partial charge on any atom is 0.234 e. The van der Waals surface area contributed by atoms with Crippen LogP contribution in [0.3, 0.4) is 0 Å². The molecule has 2 heterocycles. The van der Waals surface area contributed by atoms with E-state index in [1.54, 1.807) is 12.1 Å². The van der Waals surface area contributed by atoms with E-state index in [4.69, 9.17) is 4.52 Å². The predicted molar refractivity (Wildman–Crippen MR) is 97.0 cm³/mol. The van der Waals surface area contributed by atoms with Gasteiger partial charge in [-0.05, 0) is 37.3 Å². The molecule has 0 bridgehead atoms. The summed E-state index contributed by atoms with van der Waals surface area (Å²) in [7, 11) is 0. The molecule has 0 spiro atoms. The minimum absolute atomic E-state index is 0.00118. The van der Waals surface area contributed by atoms with Crippen molar-refractivity contribution in [3.63, 3.8) is 0 Å². The zero-order valence-electron chi connectivity index (χ0n) is 15.3. The molecule has 3 unspecified atom stereocenters. The first-order valence-electron chi connectivity index (χ1n) is 9.49. The quantitative estimate of drug-likeness (QED) is 0.717. The number of aromatic nitrogens is 2. The summed E-state index contributed by atoms with van der Waals surface area (Å²) < 4.78 is 18.5. The second-order valence-corrected chi connectivity index (χ2v) is 7.36. The fraction of sp³-hybridized carbons (Fsp3) is 0.474. The Bertz CT molecular complexity index is 871. The van der Waals surface area contributed by atoms with E-state index in [1.165, 1.54) is 12.1 Å². The van der Waals surface area contributed by atoms with Crippen LogP contribution in [0.15, 0.2) is 28.8 Å². The van der Waals surface area contributed by atoms with Crippen LogP contribution in [0.5, 0.6) is 0 Å². The van der Waals surface area contributed by atoms with Crippen molar-refractivity contribution in [2.45, 2.75) is 50.6 Å². The predicted octanol–water partition coefficient (Wildman–Crippen LogP) is 1.49. The van der Waals surface area contributed by atoms with Gasteiger partial charge in [-0.15, -0.1) is 0 Å². The van der Waals surface area contributed by atoms with Crippen LogP contribution in [0.4, 0.5) is 4.39 Å². The Morgan fingerprint density at radius 1 is 1.36 bits per heavy atom. The molecule has 1 aliphatic heterocycles. The SMILES string of the molecule is O=C1CC2CC(NC(=O)CCc3nc(-c4cccc(F)c4)no3)CCC2NN1. The molecule has 3 atom stereocenters. The first kappa shape index (κ1) is 18.5. The molecule has 1 aromatic heterocycles. The molecule has 2 aromatic rings. The highest BCUT2D eigenvalue weighted by atomic mass is 19.1. The van der Waals surface area contributed by atoms with Crippen molar-refractivity contribution in [2.75, 3.05) is 0 Å². The largest absolute Gasteiger partial charge is 0.353 e. The number of benzene rings is 1. The van der Waals surface area contributed by atoms with Gasteiger partial charge in [0.15, 0.2) is 0 Å². The smallest absolute Gasteiger partial charge is 0.234 e. The Labute approximate surface area is 161 Å². The molecule has 148 valence electrons. The van der Waals surface area contributed by atoms with Gasteiger partial charge in [0, 0.05) is 36.9 Å². The Kier molecular flexibility index (Phi) is 5.34. The van der Waals surface area contributed by atoms with Gasteiger partial charge in [0.1, 0.15) is 5.82 Å². The van der Waals surface area contributed by atoms with Crippen LogP contribution in [0, 0.1) is 11.7 Å². The number of amides is 2. The van der Waals surface area contributed by atoms with Crippen molar-refractivity contribution in [3.05, 3.63) is 36.0 Å². The van der Waals surface area contributed by atoms with Gasteiger partial charge in [0.05, 0.1) is 0 Å². The van der Waals surface area contributed by atoms with E-state index in [0.717, 1.165) is 19.3 Å². The lowest BCUT2D eigenvalue weighted by molar-refractivity contribution is -0.126. The van der Waals surface area contributed by atoms with Crippen LogP contribution < -0.4 is 16.2 Å². The third-order valence-corrected chi connectivity index (χ3v) is 5.31. The standard InChI is InChI=1S/C19H22FN5O3/c20-13-3-1-2-11(8-13)19-22-18(28-25-19)7-6-16(26)21-14-4-5-15-12(9-14)10-17(27)24-23-15/h1-3,8,12,14-15,23H,4-7,9-10H2,(H,21,26)(H,24,27). The Morgan fingerprint density at radius 3 is 3.11 bits per heavy atom. The van der Waals surface area contributed by atoms with E-state index in [2.05, 4.69) is 26.3 Å². The van der Waals surface area contributed by atoms with Crippen LogP contribution in [-0.4, -0.2) is 34.0 Å². The monoisotopic (exact) mass is 387 g/mol. The van der Waals surface area contributed by atoms with E-state index < -0.39 is 0 Å². The Hall–Kier alpha value is -2.81. The summed E-state index contributed by atoms with van der Waals surface area (Å²) in [5, 5.41) is 6.89.